The molecule has 5 heteroatoms. The second-order valence-electron chi connectivity index (χ2n) is 4.24. The van der Waals surface area contributed by atoms with Crippen molar-refractivity contribution in [3.8, 4) is 17.1 Å². The highest BCUT2D eigenvalue weighted by Crippen LogP contribution is 2.16. The number of hydrogen-bond donors (Lipinski definition) is 0. The van der Waals surface area contributed by atoms with Gasteiger partial charge >= 0.3 is 5.97 Å². The second kappa shape index (κ2) is 5.92. The van der Waals surface area contributed by atoms with Gasteiger partial charge in [-0.25, -0.2) is 19.7 Å². The van der Waals surface area contributed by atoms with E-state index in [-0.39, 0.29) is 0 Å². The second-order valence-corrected chi connectivity index (χ2v) is 4.24. The first-order valence-corrected chi connectivity index (χ1v) is 6.32. The van der Waals surface area contributed by atoms with Gasteiger partial charge in [0.1, 0.15) is 18.4 Å². The highest BCUT2D eigenvalue weighted by molar-refractivity contribution is 5.91. The van der Waals surface area contributed by atoms with Gasteiger partial charge in [-0.15, -0.1) is 0 Å². The van der Waals surface area contributed by atoms with Gasteiger partial charge < -0.3 is 4.74 Å². The number of nitrogens with zero attached hydrogens (tertiary/aromatic N) is 3. The van der Waals surface area contributed by atoms with Crippen molar-refractivity contribution < 1.29 is 9.53 Å². The summed E-state index contributed by atoms with van der Waals surface area (Å²) in [5.41, 5.74) is 1.28. The summed E-state index contributed by atoms with van der Waals surface area (Å²) in [4.78, 5) is 23.9. The Labute approximate surface area is 121 Å². The lowest BCUT2D eigenvalue weighted by atomic mass is 10.1. The van der Waals surface area contributed by atoms with Crippen LogP contribution in [0.25, 0.3) is 11.4 Å². The summed E-state index contributed by atoms with van der Waals surface area (Å²) in [5, 5.41) is 0. The van der Waals surface area contributed by atoms with E-state index in [9.17, 15) is 4.79 Å². The third kappa shape index (κ3) is 3.09. The largest absolute Gasteiger partial charge is 0.423 e. The fourth-order valence-electron chi connectivity index (χ4n) is 1.80. The fourth-order valence-corrected chi connectivity index (χ4v) is 1.80. The standard InChI is InChI=1S/C16H11N3O2/c20-16(21-14-4-2-1-3-5-14)13-8-6-12(7-9-13)15-18-10-17-11-19-15/h1-11H. The number of hydrogen-bond acceptors (Lipinski definition) is 5. The molecule has 3 rings (SSSR count). The molecule has 0 atom stereocenters. The molecule has 0 aliphatic heterocycles. The molecular formula is C16H11N3O2. The highest BCUT2D eigenvalue weighted by Gasteiger charge is 2.09. The summed E-state index contributed by atoms with van der Waals surface area (Å²) in [6.07, 6.45) is 2.86. The molecule has 2 aromatic carbocycles. The number of aromatic nitrogens is 3. The molecule has 0 fully saturated rings. The van der Waals surface area contributed by atoms with Gasteiger partial charge in [0.05, 0.1) is 5.56 Å². The van der Waals surface area contributed by atoms with Crippen molar-refractivity contribution in [3.63, 3.8) is 0 Å². The number of para-hydroxylation sites is 1. The Morgan fingerprint density at radius 3 is 2.19 bits per heavy atom. The van der Waals surface area contributed by atoms with E-state index in [2.05, 4.69) is 15.0 Å². The molecular weight excluding hydrogens is 266 g/mol. The first-order valence-electron chi connectivity index (χ1n) is 6.32. The fraction of sp³-hybridized carbons (Fsp3) is 0. The Kier molecular flexibility index (Phi) is 3.64. The zero-order chi connectivity index (χ0) is 14.5. The molecule has 5 nitrogen and oxygen atoms in total. The molecule has 1 aromatic heterocycles. The van der Waals surface area contributed by atoms with Crippen LogP contribution in [0.4, 0.5) is 0 Å². The van der Waals surface area contributed by atoms with Crippen molar-refractivity contribution in [1.82, 2.24) is 15.0 Å². The van der Waals surface area contributed by atoms with Crippen molar-refractivity contribution in [3.05, 3.63) is 72.8 Å². The average molecular weight is 277 g/mol. The molecule has 0 saturated heterocycles. The Bertz CT molecular complexity index is 728. The van der Waals surface area contributed by atoms with Crippen LogP contribution in [-0.4, -0.2) is 20.9 Å². The van der Waals surface area contributed by atoms with E-state index in [4.69, 9.17) is 4.74 Å². The maximum Gasteiger partial charge on any atom is 0.343 e. The van der Waals surface area contributed by atoms with Crippen LogP contribution >= 0.6 is 0 Å². The van der Waals surface area contributed by atoms with Gasteiger partial charge in [-0.3, -0.25) is 0 Å². The van der Waals surface area contributed by atoms with Crippen LogP contribution in [0.15, 0.2) is 67.3 Å². The molecule has 0 amide bonds. The normalized spacial score (nSPS) is 10.1. The molecule has 0 bridgehead atoms. The van der Waals surface area contributed by atoms with Crippen LogP contribution in [0.1, 0.15) is 10.4 Å². The lowest BCUT2D eigenvalue weighted by Gasteiger charge is -2.04. The molecule has 0 spiro atoms. The van der Waals surface area contributed by atoms with E-state index < -0.39 is 5.97 Å². The minimum Gasteiger partial charge on any atom is -0.423 e. The number of carbonyl (C=O) groups is 1. The van der Waals surface area contributed by atoms with Crippen LogP contribution in [0, 0.1) is 0 Å². The lowest BCUT2D eigenvalue weighted by Crippen LogP contribution is -2.08. The van der Waals surface area contributed by atoms with Gasteiger partial charge in [0.15, 0.2) is 5.82 Å². The Balaban J connectivity index is 1.77. The molecule has 0 unspecified atom stereocenters. The van der Waals surface area contributed by atoms with Crippen LogP contribution in [0.5, 0.6) is 5.75 Å². The number of carbonyl (C=O) groups excluding carboxylic acids is 1. The van der Waals surface area contributed by atoms with Crippen molar-refractivity contribution >= 4 is 5.97 Å². The smallest absolute Gasteiger partial charge is 0.343 e. The van der Waals surface area contributed by atoms with Gasteiger partial charge in [0.2, 0.25) is 0 Å². The molecule has 0 aliphatic rings. The number of ether oxygens (including phenoxy) is 1. The Morgan fingerprint density at radius 2 is 1.52 bits per heavy atom. The van der Waals surface area contributed by atoms with Gasteiger partial charge in [0.25, 0.3) is 0 Å². The summed E-state index contributed by atoms with van der Waals surface area (Å²) in [6.45, 7) is 0. The summed E-state index contributed by atoms with van der Waals surface area (Å²) in [7, 11) is 0. The highest BCUT2D eigenvalue weighted by atomic mass is 16.5. The Hall–Kier alpha value is -3.08. The molecule has 0 radical (unpaired) electrons. The molecule has 3 aromatic rings. The van der Waals surface area contributed by atoms with E-state index in [1.807, 2.05) is 18.2 Å². The summed E-state index contributed by atoms with van der Waals surface area (Å²) in [6, 6.07) is 15.9. The van der Waals surface area contributed by atoms with E-state index >= 15 is 0 Å². The van der Waals surface area contributed by atoms with Crippen LogP contribution in [0.3, 0.4) is 0 Å². The zero-order valence-corrected chi connectivity index (χ0v) is 11.0. The summed E-state index contributed by atoms with van der Waals surface area (Å²) >= 11 is 0. The molecule has 0 N–H and O–H groups in total. The summed E-state index contributed by atoms with van der Waals surface area (Å²) < 4.78 is 5.27. The predicted molar refractivity (Wildman–Crippen MR) is 76.7 cm³/mol. The average Bonchev–Trinajstić information content (AvgIpc) is 2.57. The number of benzene rings is 2. The first kappa shape index (κ1) is 12.9. The van der Waals surface area contributed by atoms with Crippen LogP contribution in [-0.2, 0) is 0 Å². The van der Waals surface area contributed by atoms with Crippen LogP contribution < -0.4 is 4.74 Å². The van der Waals surface area contributed by atoms with Gasteiger partial charge in [0, 0.05) is 5.56 Å². The zero-order valence-electron chi connectivity index (χ0n) is 11.0. The third-order valence-corrected chi connectivity index (χ3v) is 2.83. The maximum atomic E-state index is 12.0. The third-order valence-electron chi connectivity index (χ3n) is 2.83. The quantitative estimate of drug-likeness (QED) is 0.544. The molecule has 1 heterocycles. The molecule has 102 valence electrons. The molecule has 21 heavy (non-hydrogen) atoms. The van der Waals surface area contributed by atoms with Crippen LogP contribution in [0.2, 0.25) is 0 Å². The van der Waals surface area contributed by atoms with Crippen molar-refractivity contribution in [1.29, 1.82) is 0 Å². The minimum absolute atomic E-state index is 0.400. The van der Waals surface area contributed by atoms with E-state index in [1.165, 1.54) is 12.7 Å². The monoisotopic (exact) mass is 277 g/mol. The number of rotatable bonds is 3. The Morgan fingerprint density at radius 1 is 0.857 bits per heavy atom. The van der Waals surface area contributed by atoms with Gasteiger partial charge in [-0.1, -0.05) is 30.3 Å². The van der Waals surface area contributed by atoms with Gasteiger partial charge in [-0.05, 0) is 24.3 Å². The van der Waals surface area contributed by atoms with Crippen molar-refractivity contribution in [2.45, 2.75) is 0 Å². The topological polar surface area (TPSA) is 65.0 Å². The SMILES string of the molecule is O=C(Oc1ccccc1)c1ccc(-c2ncncn2)cc1. The van der Waals surface area contributed by atoms with E-state index in [1.54, 1.807) is 36.4 Å². The summed E-state index contributed by atoms with van der Waals surface area (Å²) in [5.74, 6) is 0.681. The molecule has 0 saturated carbocycles. The first-order chi connectivity index (χ1) is 10.3. The lowest BCUT2D eigenvalue weighted by molar-refractivity contribution is 0.0735. The van der Waals surface area contributed by atoms with Crippen molar-refractivity contribution in [2.24, 2.45) is 0 Å². The van der Waals surface area contributed by atoms with Crippen molar-refractivity contribution in [2.75, 3.05) is 0 Å². The number of esters is 1. The minimum atomic E-state index is -0.400. The predicted octanol–water partition coefficient (Wildman–Crippen LogP) is 2.76. The van der Waals surface area contributed by atoms with E-state index in [0.29, 0.717) is 17.1 Å². The van der Waals surface area contributed by atoms with E-state index in [0.717, 1.165) is 5.56 Å². The molecule has 0 aliphatic carbocycles. The van der Waals surface area contributed by atoms with Gasteiger partial charge in [-0.2, -0.15) is 0 Å². The maximum absolute atomic E-state index is 12.0.